The second-order valence-electron chi connectivity index (χ2n) is 7.85. The van der Waals surface area contributed by atoms with Crippen molar-refractivity contribution in [2.24, 2.45) is 5.73 Å². The van der Waals surface area contributed by atoms with Gasteiger partial charge in [0.15, 0.2) is 5.82 Å². The molecule has 1 saturated carbocycles. The van der Waals surface area contributed by atoms with Crippen LogP contribution in [0, 0.1) is 0 Å². The molecule has 0 spiro atoms. The van der Waals surface area contributed by atoms with Gasteiger partial charge in [-0.3, -0.25) is 5.10 Å². The number of rotatable bonds is 7. The quantitative estimate of drug-likeness (QED) is 0.457. The van der Waals surface area contributed by atoms with Gasteiger partial charge in [-0.1, -0.05) is 30.3 Å². The van der Waals surface area contributed by atoms with Crippen LogP contribution < -0.4 is 16.0 Å². The number of aliphatic hydroxyl groups is 1. The van der Waals surface area contributed by atoms with E-state index < -0.39 is 6.23 Å². The molecule has 2 atom stereocenters. The number of nitrogens with zero attached hydrogens (tertiary/aromatic N) is 4. The number of benzene rings is 1. The van der Waals surface area contributed by atoms with Gasteiger partial charge in [0.25, 0.3) is 0 Å². The zero-order valence-corrected chi connectivity index (χ0v) is 16.1. The van der Waals surface area contributed by atoms with Crippen LogP contribution >= 0.6 is 0 Å². The maximum absolute atomic E-state index is 9.82. The van der Waals surface area contributed by atoms with Gasteiger partial charge in [0.05, 0.1) is 11.7 Å². The molecule has 1 unspecified atom stereocenters. The number of anilines is 3. The van der Waals surface area contributed by atoms with Crippen molar-refractivity contribution in [3.63, 3.8) is 0 Å². The molecule has 8 nitrogen and oxygen atoms in total. The topological polar surface area (TPSA) is 116 Å². The molecule has 3 heterocycles. The Morgan fingerprint density at radius 2 is 1.97 bits per heavy atom. The third-order valence-corrected chi connectivity index (χ3v) is 5.58. The maximum atomic E-state index is 9.82. The molecule has 1 aliphatic carbocycles. The van der Waals surface area contributed by atoms with Crippen LogP contribution in [0.25, 0.3) is 0 Å². The van der Waals surface area contributed by atoms with Crippen molar-refractivity contribution in [3.05, 3.63) is 59.4 Å². The summed E-state index contributed by atoms with van der Waals surface area (Å²) in [5.74, 6) is 2.63. The first-order valence-electron chi connectivity index (χ1n) is 10.1. The van der Waals surface area contributed by atoms with Crippen LogP contribution in [0.5, 0.6) is 0 Å². The highest BCUT2D eigenvalue weighted by molar-refractivity contribution is 5.56. The van der Waals surface area contributed by atoms with E-state index in [1.807, 2.05) is 35.2 Å². The largest absolute Gasteiger partial charge is 0.377 e. The summed E-state index contributed by atoms with van der Waals surface area (Å²) in [6, 6.07) is 14.1. The van der Waals surface area contributed by atoms with E-state index in [0.29, 0.717) is 24.1 Å². The standard InChI is InChI=1S/C21H25N7O/c22-20(29)17-8-9-28(17)21-23-15(10-13-4-2-1-3-5-13)11-18(25-21)24-19-12-16(26-27-19)14-6-7-14/h1-5,11-12,14,17,20,29H,6-10,22H2,(H2,23,24,25,26,27)/t17-,20?/m0/s1. The fraction of sp³-hybridized carbons (Fsp3) is 0.381. The summed E-state index contributed by atoms with van der Waals surface area (Å²) in [5, 5.41) is 20.6. The summed E-state index contributed by atoms with van der Waals surface area (Å²) < 4.78 is 0. The monoisotopic (exact) mass is 391 g/mol. The highest BCUT2D eigenvalue weighted by atomic mass is 16.3. The summed E-state index contributed by atoms with van der Waals surface area (Å²) >= 11 is 0. The summed E-state index contributed by atoms with van der Waals surface area (Å²) in [6.45, 7) is 0.779. The fourth-order valence-electron chi connectivity index (χ4n) is 3.72. The molecule has 2 fully saturated rings. The average Bonchev–Trinajstić information content (AvgIpc) is 3.41. The molecule has 0 amide bonds. The highest BCUT2D eigenvalue weighted by Gasteiger charge is 2.34. The van der Waals surface area contributed by atoms with Crippen LogP contribution in [-0.4, -0.2) is 44.1 Å². The molecule has 1 aromatic carbocycles. The van der Waals surface area contributed by atoms with E-state index >= 15 is 0 Å². The van der Waals surface area contributed by atoms with E-state index in [-0.39, 0.29) is 6.04 Å². The number of hydrogen-bond acceptors (Lipinski definition) is 7. The van der Waals surface area contributed by atoms with Crippen LogP contribution in [-0.2, 0) is 6.42 Å². The van der Waals surface area contributed by atoms with Crippen molar-refractivity contribution in [1.82, 2.24) is 20.2 Å². The lowest BCUT2D eigenvalue weighted by Crippen LogP contribution is -2.58. The number of H-pyrrole nitrogens is 1. The first kappa shape index (κ1) is 18.1. The lowest BCUT2D eigenvalue weighted by molar-refractivity contribution is 0.121. The van der Waals surface area contributed by atoms with Gasteiger partial charge >= 0.3 is 0 Å². The van der Waals surface area contributed by atoms with E-state index in [0.717, 1.165) is 24.5 Å². The summed E-state index contributed by atoms with van der Waals surface area (Å²) in [4.78, 5) is 11.4. The SMILES string of the molecule is NC(O)[C@@H]1CCN1c1nc(Cc2ccccc2)cc(Nc2cc(C3CC3)[nH]n2)n1. The zero-order valence-electron chi connectivity index (χ0n) is 16.1. The fourth-order valence-corrected chi connectivity index (χ4v) is 3.72. The molecular weight excluding hydrogens is 366 g/mol. The van der Waals surface area contributed by atoms with Crippen LogP contribution in [0.2, 0.25) is 0 Å². The van der Waals surface area contributed by atoms with Gasteiger partial charge < -0.3 is 21.1 Å². The molecule has 29 heavy (non-hydrogen) atoms. The first-order chi connectivity index (χ1) is 14.2. The van der Waals surface area contributed by atoms with Crippen LogP contribution in [0.1, 0.15) is 42.1 Å². The van der Waals surface area contributed by atoms with Crippen molar-refractivity contribution >= 4 is 17.6 Å². The second kappa shape index (κ2) is 7.46. The van der Waals surface area contributed by atoms with Crippen LogP contribution in [0.15, 0.2) is 42.5 Å². The molecule has 5 N–H and O–H groups in total. The van der Waals surface area contributed by atoms with Crippen molar-refractivity contribution in [2.75, 3.05) is 16.8 Å². The van der Waals surface area contributed by atoms with Crippen LogP contribution in [0.3, 0.4) is 0 Å². The van der Waals surface area contributed by atoms with Gasteiger partial charge in [-0.05, 0) is 24.8 Å². The third kappa shape index (κ3) is 3.94. The Bertz CT molecular complexity index is 984. The van der Waals surface area contributed by atoms with Gasteiger partial charge in [-0.2, -0.15) is 10.1 Å². The van der Waals surface area contributed by atoms with E-state index in [1.165, 1.54) is 24.1 Å². The number of hydrogen-bond donors (Lipinski definition) is 4. The lowest BCUT2D eigenvalue weighted by atomic mass is 10.0. The molecule has 2 aliphatic rings. The highest BCUT2D eigenvalue weighted by Crippen LogP contribution is 2.39. The summed E-state index contributed by atoms with van der Waals surface area (Å²) in [6.07, 6.45) is 3.06. The van der Waals surface area contributed by atoms with E-state index in [9.17, 15) is 5.11 Å². The molecule has 1 saturated heterocycles. The Labute approximate surface area is 169 Å². The third-order valence-electron chi connectivity index (χ3n) is 5.58. The molecule has 0 bridgehead atoms. The zero-order chi connectivity index (χ0) is 19.8. The Kier molecular flexibility index (Phi) is 4.65. The predicted octanol–water partition coefficient (Wildman–Crippen LogP) is 2.27. The maximum Gasteiger partial charge on any atom is 0.227 e. The van der Waals surface area contributed by atoms with Gasteiger partial charge in [0.1, 0.15) is 12.0 Å². The molecule has 5 rings (SSSR count). The molecule has 1 aliphatic heterocycles. The smallest absolute Gasteiger partial charge is 0.227 e. The van der Waals surface area contributed by atoms with Gasteiger partial charge in [-0.15, -0.1) is 0 Å². The number of aromatic amines is 1. The minimum Gasteiger partial charge on any atom is -0.377 e. The number of aromatic nitrogens is 4. The van der Waals surface area contributed by atoms with Crippen molar-refractivity contribution in [2.45, 2.75) is 43.9 Å². The van der Waals surface area contributed by atoms with E-state index in [1.54, 1.807) is 0 Å². The van der Waals surface area contributed by atoms with E-state index in [2.05, 4.69) is 32.6 Å². The number of nitrogens with two attached hydrogens (primary N) is 1. The first-order valence-corrected chi connectivity index (χ1v) is 10.1. The molecule has 150 valence electrons. The summed E-state index contributed by atoms with van der Waals surface area (Å²) in [7, 11) is 0. The molecule has 0 radical (unpaired) electrons. The Morgan fingerprint density at radius 1 is 1.14 bits per heavy atom. The Morgan fingerprint density at radius 3 is 2.66 bits per heavy atom. The Hall–Kier alpha value is -2.97. The minimum atomic E-state index is -0.908. The normalized spacial score (nSPS) is 19.7. The number of nitrogens with one attached hydrogen (secondary N) is 2. The van der Waals surface area contributed by atoms with Crippen molar-refractivity contribution < 1.29 is 5.11 Å². The van der Waals surface area contributed by atoms with Gasteiger partial charge in [0, 0.05) is 36.7 Å². The molecular formula is C21H25N7O. The predicted molar refractivity (Wildman–Crippen MR) is 111 cm³/mol. The van der Waals surface area contributed by atoms with E-state index in [4.69, 9.17) is 10.7 Å². The molecule has 3 aromatic rings. The minimum absolute atomic E-state index is 0.151. The lowest BCUT2D eigenvalue weighted by Gasteiger charge is -2.42. The van der Waals surface area contributed by atoms with Crippen molar-refractivity contribution in [3.8, 4) is 0 Å². The van der Waals surface area contributed by atoms with Crippen molar-refractivity contribution in [1.29, 1.82) is 0 Å². The van der Waals surface area contributed by atoms with Gasteiger partial charge in [-0.25, -0.2) is 4.98 Å². The average molecular weight is 391 g/mol. The molecule has 2 aromatic heterocycles. The Balaban J connectivity index is 1.43. The summed E-state index contributed by atoms with van der Waals surface area (Å²) in [5.41, 5.74) is 8.96. The van der Waals surface area contributed by atoms with Gasteiger partial charge in [0.2, 0.25) is 5.95 Å². The second-order valence-corrected chi connectivity index (χ2v) is 7.85. The molecule has 8 heteroatoms. The van der Waals surface area contributed by atoms with Crippen LogP contribution in [0.4, 0.5) is 17.6 Å². The number of aliphatic hydroxyl groups excluding tert-OH is 1.